The van der Waals surface area contributed by atoms with E-state index in [1.54, 1.807) is 0 Å². The van der Waals surface area contributed by atoms with Crippen LogP contribution in [0.2, 0.25) is 0 Å². The van der Waals surface area contributed by atoms with Gasteiger partial charge in [-0.15, -0.1) is 0 Å². The van der Waals surface area contributed by atoms with Crippen LogP contribution in [0.5, 0.6) is 0 Å². The number of carbonyl (C=O) groups is 2. The number of amides is 2. The number of halogens is 3. The summed E-state index contributed by atoms with van der Waals surface area (Å²) in [5, 5.41) is 0. The van der Waals surface area contributed by atoms with E-state index in [0.29, 0.717) is 25.9 Å². The summed E-state index contributed by atoms with van der Waals surface area (Å²) in [7, 11) is 2.02. The van der Waals surface area contributed by atoms with Gasteiger partial charge in [-0.2, -0.15) is 13.2 Å². The van der Waals surface area contributed by atoms with Gasteiger partial charge in [-0.05, 0) is 19.9 Å². The minimum atomic E-state index is -4.43. The largest absolute Gasteiger partial charge is 0.411 e. The summed E-state index contributed by atoms with van der Waals surface area (Å²) in [4.78, 5) is 29.8. The van der Waals surface area contributed by atoms with Crippen molar-refractivity contribution in [3.63, 3.8) is 0 Å². The zero-order chi connectivity index (χ0) is 17.7. The highest BCUT2D eigenvalue weighted by Crippen LogP contribution is 2.21. The molecule has 9 heteroatoms. The number of nitrogens with zero attached hydrogens (tertiary/aromatic N) is 3. The molecule has 2 aliphatic heterocycles. The van der Waals surface area contributed by atoms with E-state index < -0.39 is 25.3 Å². The molecule has 2 rings (SSSR count). The molecule has 2 heterocycles. The van der Waals surface area contributed by atoms with Crippen molar-refractivity contribution in [1.82, 2.24) is 14.7 Å². The molecule has 0 aromatic carbocycles. The number of ether oxygens (including phenoxy) is 1. The van der Waals surface area contributed by atoms with Crippen LogP contribution < -0.4 is 0 Å². The topological polar surface area (TPSA) is 53.1 Å². The van der Waals surface area contributed by atoms with Crippen LogP contribution in [0.1, 0.15) is 12.8 Å². The predicted octanol–water partition coefficient (Wildman–Crippen LogP) is 0.578. The van der Waals surface area contributed by atoms with Gasteiger partial charge in [0.1, 0.15) is 13.2 Å². The number of hydrogen-bond acceptors (Lipinski definition) is 4. The normalized spacial score (nSPS) is 21.2. The lowest BCUT2D eigenvalue weighted by Gasteiger charge is -2.37. The van der Waals surface area contributed by atoms with Crippen molar-refractivity contribution < 1.29 is 27.5 Å². The summed E-state index contributed by atoms with van der Waals surface area (Å²) in [6.45, 7) is 1.95. The lowest BCUT2D eigenvalue weighted by atomic mass is 9.95. The molecule has 6 nitrogen and oxygen atoms in total. The van der Waals surface area contributed by atoms with Gasteiger partial charge in [0.15, 0.2) is 0 Å². The molecule has 0 spiro atoms. The lowest BCUT2D eigenvalue weighted by molar-refractivity contribution is -0.178. The van der Waals surface area contributed by atoms with E-state index in [2.05, 4.69) is 9.64 Å². The van der Waals surface area contributed by atoms with Gasteiger partial charge in [-0.1, -0.05) is 0 Å². The quantitative estimate of drug-likeness (QED) is 0.744. The predicted molar refractivity (Wildman–Crippen MR) is 80.3 cm³/mol. The first-order valence-electron chi connectivity index (χ1n) is 8.16. The number of rotatable bonds is 4. The first-order valence-corrected chi connectivity index (χ1v) is 8.16. The molecule has 2 fully saturated rings. The molecule has 2 amide bonds. The molecule has 0 aliphatic carbocycles. The second-order valence-electron chi connectivity index (χ2n) is 6.39. The molecule has 24 heavy (non-hydrogen) atoms. The Morgan fingerprint density at radius 3 is 2.12 bits per heavy atom. The maximum atomic E-state index is 12.5. The van der Waals surface area contributed by atoms with E-state index in [1.165, 1.54) is 4.90 Å². The van der Waals surface area contributed by atoms with Crippen LogP contribution >= 0.6 is 0 Å². The van der Waals surface area contributed by atoms with Crippen LogP contribution in [-0.4, -0.2) is 92.2 Å². The molecule has 2 aliphatic rings. The minimum Gasteiger partial charge on any atom is -0.362 e. The first kappa shape index (κ1) is 19.0. The van der Waals surface area contributed by atoms with Crippen LogP contribution in [0, 0.1) is 5.92 Å². The van der Waals surface area contributed by atoms with Crippen LogP contribution in [0.25, 0.3) is 0 Å². The molecule has 0 atom stereocenters. The zero-order valence-corrected chi connectivity index (χ0v) is 13.8. The minimum absolute atomic E-state index is 0.103. The number of likely N-dealkylation sites (tertiary alicyclic amines) is 1. The lowest BCUT2D eigenvalue weighted by Crippen LogP contribution is -2.51. The summed E-state index contributed by atoms with van der Waals surface area (Å²) in [5.74, 6) is -0.429. The Balaban J connectivity index is 1.70. The molecule has 0 N–H and O–H groups in total. The van der Waals surface area contributed by atoms with Gasteiger partial charge in [0, 0.05) is 45.2 Å². The second-order valence-corrected chi connectivity index (χ2v) is 6.39. The molecule has 2 saturated heterocycles. The maximum Gasteiger partial charge on any atom is 0.411 e. The Morgan fingerprint density at radius 1 is 1.00 bits per heavy atom. The van der Waals surface area contributed by atoms with E-state index in [0.717, 1.165) is 26.2 Å². The van der Waals surface area contributed by atoms with Crippen molar-refractivity contribution in [2.75, 3.05) is 59.5 Å². The zero-order valence-electron chi connectivity index (χ0n) is 13.8. The van der Waals surface area contributed by atoms with Gasteiger partial charge in [0.2, 0.25) is 11.8 Å². The molecule has 0 aromatic rings. The van der Waals surface area contributed by atoms with Crippen molar-refractivity contribution in [2.45, 2.75) is 19.0 Å². The third-order valence-electron chi connectivity index (χ3n) is 4.50. The van der Waals surface area contributed by atoms with Gasteiger partial charge >= 0.3 is 6.18 Å². The fourth-order valence-corrected chi connectivity index (χ4v) is 3.01. The summed E-state index contributed by atoms with van der Waals surface area (Å²) in [6, 6.07) is 0. The monoisotopic (exact) mass is 351 g/mol. The van der Waals surface area contributed by atoms with E-state index >= 15 is 0 Å². The Labute approximate surface area is 139 Å². The molecular formula is C15H24F3N3O3. The maximum absolute atomic E-state index is 12.5. The van der Waals surface area contributed by atoms with E-state index in [-0.39, 0.29) is 11.8 Å². The van der Waals surface area contributed by atoms with Gasteiger partial charge < -0.3 is 19.4 Å². The van der Waals surface area contributed by atoms with E-state index in [9.17, 15) is 22.8 Å². The van der Waals surface area contributed by atoms with Crippen molar-refractivity contribution in [2.24, 2.45) is 5.92 Å². The summed E-state index contributed by atoms with van der Waals surface area (Å²) in [5.41, 5.74) is 0. The average Bonchev–Trinajstić information content (AvgIpc) is 2.54. The van der Waals surface area contributed by atoms with E-state index in [1.807, 2.05) is 11.9 Å². The number of piperidine rings is 1. The van der Waals surface area contributed by atoms with Crippen molar-refractivity contribution in [3.8, 4) is 0 Å². The Bertz CT molecular complexity index is 443. The number of carbonyl (C=O) groups excluding carboxylic acids is 2. The van der Waals surface area contributed by atoms with Gasteiger partial charge in [0.25, 0.3) is 0 Å². The van der Waals surface area contributed by atoms with Crippen LogP contribution in [0.3, 0.4) is 0 Å². The first-order chi connectivity index (χ1) is 11.3. The molecule has 0 saturated carbocycles. The fourth-order valence-electron chi connectivity index (χ4n) is 3.01. The molecule has 138 valence electrons. The average molecular weight is 351 g/mol. The second kappa shape index (κ2) is 8.15. The third-order valence-corrected chi connectivity index (χ3v) is 4.50. The Hall–Kier alpha value is -1.35. The number of hydrogen-bond donors (Lipinski definition) is 0. The highest BCUT2D eigenvalue weighted by Gasteiger charge is 2.32. The highest BCUT2D eigenvalue weighted by atomic mass is 19.4. The number of alkyl halides is 3. The molecule has 0 radical (unpaired) electrons. The van der Waals surface area contributed by atoms with E-state index in [4.69, 9.17) is 0 Å². The molecular weight excluding hydrogens is 327 g/mol. The van der Waals surface area contributed by atoms with Crippen LogP contribution in [0.4, 0.5) is 13.2 Å². The molecule has 0 unspecified atom stereocenters. The summed E-state index contributed by atoms with van der Waals surface area (Å²) >= 11 is 0. The fraction of sp³-hybridized carbons (Fsp3) is 0.867. The Morgan fingerprint density at radius 2 is 1.58 bits per heavy atom. The number of piperazine rings is 1. The van der Waals surface area contributed by atoms with Gasteiger partial charge in [-0.25, -0.2) is 0 Å². The SMILES string of the molecule is CN1CCN(C(=O)C2CCN(C(=O)COCC(F)(F)F)CC2)CC1. The number of likely N-dealkylation sites (N-methyl/N-ethyl adjacent to an activating group) is 1. The summed E-state index contributed by atoms with van der Waals surface area (Å²) < 4.78 is 40.4. The highest BCUT2D eigenvalue weighted by molar-refractivity contribution is 5.80. The molecule has 0 bridgehead atoms. The van der Waals surface area contributed by atoms with Crippen molar-refractivity contribution in [3.05, 3.63) is 0 Å². The standard InChI is InChI=1S/C15H24F3N3O3/c1-19-6-8-21(9-7-19)14(23)12-2-4-20(5-3-12)13(22)10-24-11-15(16,17)18/h12H,2-11H2,1H3. The van der Waals surface area contributed by atoms with Crippen molar-refractivity contribution >= 4 is 11.8 Å². The van der Waals surface area contributed by atoms with Crippen molar-refractivity contribution in [1.29, 1.82) is 0 Å². The van der Waals surface area contributed by atoms with Crippen LogP contribution in [-0.2, 0) is 14.3 Å². The van der Waals surface area contributed by atoms with Crippen LogP contribution in [0.15, 0.2) is 0 Å². The van der Waals surface area contributed by atoms with Gasteiger partial charge in [-0.3, -0.25) is 9.59 Å². The smallest absolute Gasteiger partial charge is 0.362 e. The van der Waals surface area contributed by atoms with Gasteiger partial charge in [0.05, 0.1) is 0 Å². The third kappa shape index (κ3) is 5.62. The molecule has 0 aromatic heterocycles. The Kier molecular flexibility index (Phi) is 6.45. The summed E-state index contributed by atoms with van der Waals surface area (Å²) in [6.07, 6.45) is -3.32.